The van der Waals surface area contributed by atoms with Crippen molar-refractivity contribution in [3.63, 3.8) is 0 Å². The van der Waals surface area contributed by atoms with Crippen LogP contribution in [0.2, 0.25) is 0 Å². The number of carbonyl (C=O) groups excluding carboxylic acids is 1. The van der Waals surface area contributed by atoms with E-state index < -0.39 is 11.7 Å². The molecule has 1 aromatic carbocycles. The molecule has 134 valence electrons. The van der Waals surface area contributed by atoms with Crippen LogP contribution in [0.25, 0.3) is 5.69 Å². The zero-order valence-electron chi connectivity index (χ0n) is 13.8. The average Bonchev–Trinajstić information content (AvgIpc) is 3.20. The van der Waals surface area contributed by atoms with Crippen molar-refractivity contribution >= 4 is 5.91 Å². The van der Waals surface area contributed by atoms with Gasteiger partial charge in [0.05, 0.1) is 28.7 Å². The standard InChI is InChI=1S/C17H19F3N4O/c1-11-15(16(25)23-6-5-12(8-21)10-23)9-22-24(11)14-4-2-3-13(7-14)17(18,19)20/h2-4,7,9,12H,5-6,8,10,21H2,1H3. The third-order valence-electron chi connectivity index (χ3n) is 4.56. The lowest BCUT2D eigenvalue weighted by molar-refractivity contribution is -0.137. The smallest absolute Gasteiger partial charge is 0.338 e. The molecule has 5 nitrogen and oxygen atoms in total. The van der Waals surface area contributed by atoms with Gasteiger partial charge < -0.3 is 10.6 Å². The zero-order valence-corrected chi connectivity index (χ0v) is 13.8. The SMILES string of the molecule is Cc1c(C(=O)N2CCC(CN)C2)cnn1-c1cccc(C(F)(F)F)c1. The minimum atomic E-state index is -4.43. The summed E-state index contributed by atoms with van der Waals surface area (Å²) in [5.41, 5.74) is 6.08. The highest BCUT2D eigenvalue weighted by molar-refractivity contribution is 5.95. The molecule has 1 fully saturated rings. The second-order valence-electron chi connectivity index (χ2n) is 6.25. The van der Waals surface area contributed by atoms with E-state index in [1.54, 1.807) is 11.8 Å². The maximum absolute atomic E-state index is 12.9. The number of nitrogens with two attached hydrogens (primary N) is 1. The van der Waals surface area contributed by atoms with Crippen molar-refractivity contribution in [1.29, 1.82) is 0 Å². The van der Waals surface area contributed by atoms with Crippen LogP contribution in [0.1, 0.15) is 28.0 Å². The van der Waals surface area contributed by atoms with Crippen LogP contribution >= 0.6 is 0 Å². The number of benzene rings is 1. The summed E-state index contributed by atoms with van der Waals surface area (Å²) in [6.07, 6.45) is -2.15. The molecule has 1 unspecified atom stereocenters. The molecule has 2 N–H and O–H groups in total. The van der Waals surface area contributed by atoms with Gasteiger partial charge in [-0.25, -0.2) is 4.68 Å². The topological polar surface area (TPSA) is 64.2 Å². The van der Waals surface area contributed by atoms with E-state index in [1.165, 1.54) is 23.0 Å². The van der Waals surface area contributed by atoms with Gasteiger partial charge in [-0.05, 0) is 44.0 Å². The van der Waals surface area contributed by atoms with Crippen LogP contribution in [0.3, 0.4) is 0 Å². The number of hydrogen-bond donors (Lipinski definition) is 1. The first-order valence-electron chi connectivity index (χ1n) is 8.03. The molecule has 1 saturated heterocycles. The van der Waals surface area contributed by atoms with Gasteiger partial charge in [-0.1, -0.05) is 6.07 Å². The Morgan fingerprint density at radius 1 is 1.40 bits per heavy atom. The van der Waals surface area contributed by atoms with Crippen molar-refractivity contribution in [3.05, 3.63) is 47.3 Å². The first kappa shape index (κ1) is 17.5. The third kappa shape index (κ3) is 3.39. The van der Waals surface area contributed by atoms with Crippen molar-refractivity contribution < 1.29 is 18.0 Å². The normalized spacial score (nSPS) is 18.0. The molecule has 1 atom stereocenters. The molecule has 0 bridgehead atoms. The molecule has 25 heavy (non-hydrogen) atoms. The Morgan fingerprint density at radius 2 is 2.16 bits per heavy atom. The molecule has 0 aliphatic carbocycles. The van der Waals surface area contributed by atoms with E-state index >= 15 is 0 Å². The Hall–Kier alpha value is -2.35. The molecule has 3 rings (SSSR count). The summed E-state index contributed by atoms with van der Waals surface area (Å²) in [6, 6.07) is 4.89. The van der Waals surface area contributed by atoms with Crippen LogP contribution in [0.5, 0.6) is 0 Å². The number of carbonyl (C=O) groups is 1. The first-order valence-corrected chi connectivity index (χ1v) is 8.03. The lowest BCUT2D eigenvalue weighted by atomic mass is 10.1. The molecule has 2 heterocycles. The van der Waals surface area contributed by atoms with Gasteiger partial charge in [0.1, 0.15) is 0 Å². The monoisotopic (exact) mass is 352 g/mol. The highest BCUT2D eigenvalue weighted by atomic mass is 19.4. The van der Waals surface area contributed by atoms with Gasteiger partial charge in [-0.3, -0.25) is 4.79 Å². The Kier molecular flexibility index (Phi) is 4.55. The molecule has 8 heteroatoms. The molecule has 1 aliphatic rings. The number of rotatable bonds is 3. The first-order chi connectivity index (χ1) is 11.8. The molecule has 1 aliphatic heterocycles. The van der Waals surface area contributed by atoms with E-state index in [9.17, 15) is 18.0 Å². The van der Waals surface area contributed by atoms with E-state index in [2.05, 4.69) is 5.10 Å². The summed E-state index contributed by atoms with van der Waals surface area (Å²) in [7, 11) is 0. The van der Waals surface area contributed by atoms with Gasteiger partial charge in [0, 0.05) is 13.1 Å². The van der Waals surface area contributed by atoms with Crippen molar-refractivity contribution in [2.45, 2.75) is 19.5 Å². The molecular formula is C17H19F3N4O. The summed E-state index contributed by atoms with van der Waals surface area (Å²) in [5, 5.41) is 4.12. The number of nitrogens with zero attached hydrogens (tertiary/aromatic N) is 3. The molecular weight excluding hydrogens is 333 g/mol. The van der Waals surface area contributed by atoms with Crippen LogP contribution in [0.4, 0.5) is 13.2 Å². The van der Waals surface area contributed by atoms with Crippen LogP contribution in [-0.4, -0.2) is 40.2 Å². The van der Waals surface area contributed by atoms with E-state index in [0.717, 1.165) is 18.6 Å². The molecule has 0 saturated carbocycles. The third-order valence-corrected chi connectivity index (χ3v) is 4.56. The largest absolute Gasteiger partial charge is 0.416 e. The van der Waals surface area contributed by atoms with Gasteiger partial charge in [-0.15, -0.1) is 0 Å². The van der Waals surface area contributed by atoms with E-state index in [0.29, 0.717) is 36.8 Å². The van der Waals surface area contributed by atoms with Gasteiger partial charge >= 0.3 is 6.18 Å². The second-order valence-corrected chi connectivity index (χ2v) is 6.25. The average molecular weight is 352 g/mol. The number of amides is 1. The minimum absolute atomic E-state index is 0.160. The molecule has 0 spiro atoms. The minimum Gasteiger partial charge on any atom is -0.338 e. The molecule has 1 aromatic heterocycles. The number of likely N-dealkylation sites (tertiary alicyclic amines) is 1. The van der Waals surface area contributed by atoms with Crippen molar-refractivity contribution in [2.75, 3.05) is 19.6 Å². The second kappa shape index (κ2) is 6.51. The van der Waals surface area contributed by atoms with Crippen molar-refractivity contribution in [2.24, 2.45) is 11.7 Å². The number of alkyl halides is 3. The van der Waals surface area contributed by atoms with Gasteiger partial charge in [-0.2, -0.15) is 18.3 Å². The Morgan fingerprint density at radius 3 is 2.80 bits per heavy atom. The van der Waals surface area contributed by atoms with Gasteiger partial charge in [0.2, 0.25) is 0 Å². The predicted molar refractivity (Wildman–Crippen MR) is 86.4 cm³/mol. The maximum atomic E-state index is 12.9. The van der Waals surface area contributed by atoms with Crippen LogP contribution in [0.15, 0.2) is 30.5 Å². The van der Waals surface area contributed by atoms with Crippen molar-refractivity contribution in [3.8, 4) is 5.69 Å². The van der Waals surface area contributed by atoms with E-state index in [4.69, 9.17) is 5.73 Å². The number of halogens is 3. The van der Waals surface area contributed by atoms with Crippen LogP contribution in [0, 0.1) is 12.8 Å². The van der Waals surface area contributed by atoms with Crippen LogP contribution in [-0.2, 0) is 6.18 Å². The lowest BCUT2D eigenvalue weighted by Crippen LogP contribution is -2.30. The molecule has 2 aromatic rings. The van der Waals surface area contributed by atoms with Gasteiger partial charge in [0.15, 0.2) is 0 Å². The maximum Gasteiger partial charge on any atom is 0.416 e. The lowest BCUT2D eigenvalue weighted by Gasteiger charge is -2.16. The molecule has 1 amide bonds. The Balaban J connectivity index is 1.88. The summed E-state index contributed by atoms with van der Waals surface area (Å²) in [6.45, 7) is 3.45. The van der Waals surface area contributed by atoms with Gasteiger partial charge in [0.25, 0.3) is 5.91 Å². The zero-order chi connectivity index (χ0) is 18.2. The van der Waals surface area contributed by atoms with E-state index in [1.807, 2.05) is 0 Å². The summed E-state index contributed by atoms with van der Waals surface area (Å²) < 4.78 is 40.0. The van der Waals surface area contributed by atoms with Crippen LogP contribution < -0.4 is 5.73 Å². The number of aromatic nitrogens is 2. The fourth-order valence-electron chi connectivity index (χ4n) is 3.07. The highest BCUT2D eigenvalue weighted by Gasteiger charge is 2.31. The molecule has 0 radical (unpaired) electrons. The summed E-state index contributed by atoms with van der Waals surface area (Å²) in [5.74, 6) is 0.134. The van der Waals surface area contributed by atoms with E-state index in [-0.39, 0.29) is 11.6 Å². The highest BCUT2D eigenvalue weighted by Crippen LogP contribution is 2.30. The fraction of sp³-hybridized carbons (Fsp3) is 0.412. The summed E-state index contributed by atoms with van der Waals surface area (Å²) in [4.78, 5) is 14.4. The fourth-order valence-corrected chi connectivity index (χ4v) is 3.07. The number of hydrogen-bond acceptors (Lipinski definition) is 3. The van der Waals surface area contributed by atoms with Crippen molar-refractivity contribution in [1.82, 2.24) is 14.7 Å². The quantitative estimate of drug-likeness (QED) is 0.924. The predicted octanol–water partition coefficient (Wildman–Crippen LogP) is 2.62. The summed E-state index contributed by atoms with van der Waals surface area (Å²) >= 11 is 0. The Labute approximate surface area is 143 Å². The Bertz CT molecular complexity index is 784.